The Labute approximate surface area is 98.8 Å². The van der Waals surface area contributed by atoms with Gasteiger partial charge in [0.05, 0.1) is 4.92 Å². The lowest BCUT2D eigenvalue weighted by molar-refractivity contribution is -0.384. The van der Waals surface area contributed by atoms with Gasteiger partial charge in [-0.25, -0.2) is 0 Å². The van der Waals surface area contributed by atoms with Crippen molar-refractivity contribution in [3.8, 4) is 0 Å². The number of non-ortho nitro benzene ring substituents is 1. The number of nitro benzene ring substituents is 1. The first-order valence-electron chi connectivity index (χ1n) is 6.03. The molecular formula is C13H14N2O2. The van der Waals surface area contributed by atoms with E-state index in [0.717, 1.165) is 23.7 Å². The first kappa shape index (κ1) is 10.3. The van der Waals surface area contributed by atoms with E-state index in [1.165, 1.54) is 30.5 Å². The summed E-state index contributed by atoms with van der Waals surface area (Å²) < 4.78 is 0. The smallest absolute Gasteiger partial charge is 0.270 e. The van der Waals surface area contributed by atoms with Crippen LogP contribution in [0, 0.1) is 10.1 Å². The number of nitrogens with zero attached hydrogens (tertiary/aromatic N) is 1. The fourth-order valence-corrected chi connectivity index (χ4v) is 2.68. The lowest BCUT2D eigenvalue weighted by atomic mass is 10.1. The first-order valence-corrected chi connectivity index (χ1v) is 6.03. The maximum absolute atomic E-state index is 10.8. The highest BCUT2D eigenvalue weighted by atomic mass is 16.6. The molecule has 1 N–H and O–H groups in total. The molecule has 0 saturated heterocycles. The highest BCUT2D eigenvalue weighted by Crippen LogP contribution is 2.30. The Morgan fingerprint density at radius 1 is 1.18 bits per heavy atom. The number of hydrogen-bond acceptors (Lipinski definition) is 2. The molecule has 1 aliphatic rings. The summed E-state index contributed by atoms with van der Waals surface area (Å²) in [5, 5.41) is 11.8. The first-order chi connectivity index (χ1) is 8.25. The molecule has 3 rings (SSSR count). The number of benzene rings is 1. The lowest BCUT2D eigenvalue weighted by Crippen LogP contribution is -1.88. The SMILES string of the molecule is O=[N+]([O-])c1ccc2[nH]c3c(c2c1)CCCCC3. The zero-order chi connectivity index (χ0) is 11.8. The van der Waals surface area contributed by atoms with Gasteiger partial charge in [-0.05, 0) is 37.3 Å². The van der Waals surface area contributed by atoms with E-state index in [1.54, 1.807) is 12.1 Å². The normalized spacial score (nSPS) is 15.5. The predicted molar refractivity (Wildman–Crippen MR) is 66.2 cm³/mol. The summed E-state index contributed by atoms with van der Waals surface area (Å²) in [7, 11) is 0. The molecule has 0 atom stereocenters. The number of nitro groups is 1. The Morgan fingerprint density at radius 3 is 2.82 bits per heavy atom. The van der Waals surface area contributed by atoms with Gasteiger partial charge in [0.2, 0.25) is 0 Å². The van der Waals surface area contributed by atoms with E-state index in [9.17, 15) is 10.1 Å². The van der Waals surface area contributed by atoms with Crippen LogP contribution in [0.15, 0.2) is 18.2 Å². The molecule has 0 aliphatic heterocycles. The van der Waals surface area contributed by atoms with Gasteiger partial charge in [0.25, 0.3) is 5.69 Å². The summed E-state index contributed by atoms with van der Waals surface area (Å²) in [6.07, 6.45) is 5.75. The third kappa shape index (κ3) is 1.69. The molecule has 88 valence electrons. The lowest BCUT2D eigenvalue weighted by Gasteiger charge is -1.97. The van der Waals surface area contributed by atoms with Crippen molar-refractivity contribution in [2.24, 2.45) is 0 Å². The van der Waals surface area contributed by atoms with Gasteiger partial charge in [0, 0.05) is 28.7 Å². The van der Waals surface area contributed by atoms with Crippen LogP contribution in [-0.4, -0.2) is 9.91 Å². The molecule has 1 heterocycles. The number of aromatic amines is 1. The van der Waals surface area contributed by atoms with Crippen LogP contribution in [0.4, 0.5) is 5.69 Å². The number of fused-ring (bicyclic) bond motifs is 3. The minimum Gasteiger partial charge on any atom is -0.358 e. The standard InChI is InChI=1S/C13H14N2O2/c16-15(17)9-6-7-13-11(8-9)10-4-2-1-3-5-12(10)14-13/h6-8,14H,1-5H2. The zero-order valence-electron chi connectivity index (χ0n) is 9.53. The monoisotopic (exact) mass is 230 g/mol. The molecule has 4 heteroatoms. The summed E-state index contributed by atoms with van der Waals surface area (Å²) >= 11 is 0. The Hall–Kier alpha value is -1.84. The summed E-state index contributed by atoms with van der Waals surface area (Å²) in [5.41, 5.74) is 3.78. The van der Waals surface area contributed by atoms with Gasteiger partial charge in [-0.15, -0.1) is 0 Å². The second kappa shape index (κ2) is 3.87. The Kier molecular flexibility index (Phi) is 2.35. The topological polar surface area (TPSA) is 58.9 Å². The van der Waals surface area contributed by atoms with E-state index in [-0.39, 0.29) is 10.6 Å². The van der Waals surface area contributed by atoms with Crippen LogP contribution in [-0.2, 0) is 12.8 Å². The quantitative estimate of drug-likeness (QED) is 0.464. The van der Waals surface area contributed by atoms with Crippen LogP contribution in [0.5, 0.6) is 0 Å². The van der Waals surface area contributed by atoms with Crippen molar-refractivity contribution >= 4 is 16.6 Å². The molecule has 4 nitrogen and oxygen atoms in total. The van der Waals surface area contributed by atoms with E-state index in [0.29, 0.717) is 0 Å². The molecule has 2 aromatic rings. The van der Waals surface area contributed by atoms with Crippen LogP contribution in [0.1, 0.15) is 30.5 Å². The van der Waals surface area contributed by atoms with Crippen molar-refractivity contribution in [1.82, 2.24) is 4.98 Å². The van der Waals surface area contributed by atoms with Crippen LogP contribution >= 0.6 is 0 Å². The van der Waals surface area contributed by atoms with Crippen LogP contribution in [0.25, 0.3) is 10.9 Å². The minimum absolute atomic E-state index is 0.184. The maximum Gasteiger partial charge on any atom is 0.270 e. The molecule has 17 heavy (non-hydrogen) atoms. The van der Waals surface area contributed by atoms with Gasteiger partial charge in [-0.1, -0.05) is 6.42 Å². The van der Waals surface area contributed by atoms with Crippen molar-refractivity contribution in [2.45, 2.75) is 32.1 Å². The summed E-state index contributed by atoms with van der Waals surface area (Å²) in [6, 6.07) is 5.09. The number of aromatic nitrogens is 1. The van der Waals surface area contributed by atoms with Gasteiger partial charge in [-0.3, -0.25) is 10.1 Å². The Bertz CT molecular complexity index is 586. The average Bonchev–Trinajstić information content (AvgIpc) is 2.51. The second-order valence-electron chi connectivity index (χ2n) is 4.63. The molecule has 0 unspecified atom stereocenters. The van der Waals surface area contributed by atoms with Gasteiger partial charge in [0.15, 0.2) is 0 Å². The predicted octanol–water partition coefficient (Wildman–Crippen LogP) is 3.35. The third-order valence-corrected chi connectivity index (χ3v) is 3.54. The largest absolute Gasteiger partial charge is 0.358 e. The van der Waals surface area contributed by atoms with Crippen molar-refractivity contribution < 1.29 is 4.92 Å². The van der Waals surface area contributed by atoms with Crippen LogP contribution in [0.2, 0.25) is 0 Å². The van der Waals surface area contributed by atoms with E-state index in [1.807, 2.05) is 6.07 Å². The highest BCUT2D eigenvalue weighted by molar-refractivity contribution is 5.86. The number of aryl methyl sites for hydroxylation is 2. The van der Waals surface area contributed by atoms with Crippen molar-refractivity contribution in [3.05, 3.63) is 39.6 Å². The molecule has 0 amide bonds. The van der Waals surface area contributed by atoms with Crippen molar-refractivity contribution in [3.63, 3.8) is 0 Å². The summed E-state index contributed by atoms with van der Waals surface area (Å²) in [5.74, 6) is 0. The molecule has 1 aromatic heterocycles. The molecule has 0 radical (unpaired) electrons. The zero-order valence-corrected chi connectivity index (χ0v) is 9.53. The van der Waals surface area contributed by atoms with Crippen LogP contribution in [0.3, 0.4) is 0 Å². The third-order valence-electron chi connectivity index (χ3n) is 3.54. The number of H-pyrrole nitrogens is 1. The van der Waals surface area contributed by atoms with Gasteiger partial charge in [-0.2, -0.15) is 0 Å². The minimum atomic E-state index is -0.324. The maximum atomic E-state index is 10.8. The highest BCUT2D eigenvalue weighted by Gasteiger charge is 2.16. The number of rotatable bonds is 1. The molecule has 0 bridgehead atoms. The van der Waals surface area contributed by atoms with E-state index in [4.69, 9.17) is 0 Å². The molecule has 0 spiro atoms. The molecule has 0 saturated carbocycles. The van der Waals surface area contributed by atoms with Gasteiger partial charge >= 0.3 is 0 Å². The Morgan fingerprint density at radius 2 is 2.00 bits per heavy atom. The van der Waals surface area contributed by atoms with Gasteiger partial charge in [0.1, 0.15) is 0 Å². The summed E-state index contributed by atoms with van der Waals surface area (Å²) in [6.45, 7) is 0. The molecule has 1 aliphatic carbocycles. The average molecular weight is 230 g/mol. The molecule has 0 fully saturated rings. The molecule has 1 aromatic carbocycles. The fourth-order valence-electron chi connectivity index (χ4n) is 2.68. The number of hydrogen-bond donors (Lipinski definition) is 1. The van der Waals surface area contributed by atoms with Gasteiger partial charge < -0.3 is 4.98 Å². The van der Waals surface area contributed by atoms with E-state index in [2.05, 4.69) is 4.98 Å². The van der Waals surface area contributed by atoms with E-state index < -0.39 is 0 Å². The Balaban J connectivity index is 2.20. The number of nitrogens with one attached hydrogen (secondary N) is 1. The molecular weight excluding hydrogens is 216 g/mol. The van der Waals surface area contributed by atoms with E-state index >= 15 is 0 Å². The second-order valence-corrected chi connectivity index (χ2v) is 4.63. The van der Waals surface area contributed by atoms with Crippen LogP contribution < -0.4 is 0 Å². The van der Waals surface area contributed by atoms with Crippen molar-refractivity contribution in [2.75, 3.05) is 0 Å². The summed E-state index contributed by atoms with van der Waals surface area (Å²) in [4.78, 5) is 13.9. The fraction of sp³-hybridized carbons (Fsp3) is 0.385. The van der Waals surface area contributed by atoms with Crippen molar-refractivity contribution in [1.29, 1.82) is 0 Å².